The van der Waals surface area contributed by atoms with Crippen LogP contribution in [0.4, 0.5) is 0 Å². The maximum absolute atomic E-state index is 13.9. The van der Waals surface area contributed by atoms with Crippen LogP contribution >= 0.6 is 23.2 Å². The van der Waals surface area contributed by atoms with Crippen molar-refractivity contribution in [3.63, 3.8) is 0 Å². The molecule has 2 fully saturated rings. The molecule has 0 saturated carbocycles. The minimum atomic E-state index is 0.136. The zero-order valence-corrected chi connectivity index (χ0v) is 23.7. The molecule has 39 heavy (non-hydrogen) atoms. The van der Waals surface area contributed by atoms with Crippen molar-refractivity contribution in [1.29, 1.82) is 0 Å². The van der Waals surface area contributed by atoms with E-state index in [1.54, 1.807) is 0 Å². The number of likely N-dealkylation sites (tertiary alicyclic amines) is 2. The van der Waals surface area contributed by atoms with Gasteiger partial charge in [0.2, 0.25) is 0 Å². The summed E-state index contributed by atoms with van der Waals surface area (Å²) in [6.45, 7) is 4.29. The summed E-state index contributed by atoms with van der Waals surface area (Å²) >= 11 is 13.0. The molecule has 6 rings (SSSR count). The van der Waals surface area contributed by atoms with Crippen molar-refractivity contribution in [1.82, 2.24) is 14.8 Å². The van der Waals surface area contributed by atoms with Crippen molar-refractivity contribution in [2.75, 3.05) is 26.2 Å². The van der Waals surface area contributed by atoms with E-state index in [9.17, 15) is 4.79 Å². The van der Waals surface area contributed by atoms with E-state index in [1.165, 1.54) is 5.56 Å². The van der Waals surface area contributed by atoms with E-state index < -0.39 is 0 Å². The van der Waals surface area contributed by atoms with Crippen molar-refractivity contribution in [2.24, 2.45) is 5.92 Å². The van der Waals surface area contributed by atoms with E-state index >= 15 is 0 Å². The SMILES string of the molecule is O=C(c1[nH]c2ccccc2c1CN1CCC(c2c(Cl)cccc2Cl)CC1)N1CCC(Cc2ccccc2)CC1. The maximum atomic E-state index is 13.9. The number of carbonyl (C=O) groups is 1. The molecule has 1 amide bonds. The molecule has 1 aromatic heterocycles. The van der Waals surface area contributed by atoms with E-state index in [2.05, 4.69) is 63.3 Å². The summed E-state index contributed by atoms with van der Waals surface area (Å²) in [5, 5.41) is 2.67. The summed E-state index contributed by atoms with van der Waals surface area (Å²) in [4.78, 5) is 21.9. The Morgan fingerprint density at radius 2 is 1.46 bits per heavy atom. The highest BCUT2D eigenvalue weighted by atomic mass is 35.5. The van der Waals surface area contributed by atoms with Crippen molar-refractivity contribution < 1.29 is 4.79 Å². The Bertz CT molecular complexity index is 1410. The van der Waals surface area contributed by atoms with Crippen LogP contribution in [0.15, 0.2) is 72.8 Å². The maximum Gasteiger partial charge on any atom is 0.270 e. The lowest BCUT2D eigenvalue weighted by Gasteiger charge is -2.34. The number of hydrogen-bond acceptors (Lipinski definition) is 2. The molecule has 3 heterocycles. The molecule has 0 spiro atoms. The second kappa shape index (κ2) is 11.8. The molecule has 0 unspecified atom stereocenters. The summed E-state index contributed by atoms with van der Waals surface area (Å²) in [6, 6.07) is 24.8. The van der Waals surface area contributed by atoms with Gasteiger partial charge in [-0.3, -0.25) is 9.69 Å². The molecule has 1 N–H and O–H groups in total. The minimum Gasteiger partial charge on any atom is -0.350 e. The summed E-state index contributed by atoms with van der Waals surface area (Å²) < 4.78 is 0. The third kappa shape index (κ3) is 5.75. The Kier molecular flexibility index (Phi) is 7.97. The summed E-state index contributed by atoms with van der Waals surface area (Å²) in [6.07, 6.45) is 5.20. The zero-order chi connectivity index (χ0) is 26.8. The lowest BCUT2D eigenvalue weighted by molar-refractivity contribution is 0.0683. The topological polar surface area (TPSA) is 39.3 Å². The van der Waals surface area contributed by atoms with Crippen LogP contribution in [0.25, 0.3) is 10.9 Å². The fraction of sp³-hybridized carbons (Fsp3) is 0.364. The van der Waals surface area contributed by atoms with Gasteiger partial charge >= 0.3 is 0 Å². The van der Waals surface area contributed by atoms with Crippen LogP contribution in [0.5, 0.6) is 0 Å². The first kappa shape index (κ1) is 26.4. The Balaban J connectivity index is 1.14. The lowest BCUT2D eigenvalue weighted by atomic mass is 9.89. The van der Waals surface area contributed by atoms with Crippen LogP contribution in [-0.2, 0) is 13.0 Å². The van der Waals surface area contributed by atoms with Crippen molar-refractivity contribution in [3.8, 4) is 0 Å². The number of aromatic amines is 1. The monoisotopic (exact) mass is 559 g/mol. The number of para-hydroxylation sites is 1. The molecular formula is C33H35Cl2N3O. The average Bonchev–Trinajstić information content (AvgIpc) is 3.33. The van der Waals surface area contributed by atoms with Gasteiger partial charge in [0, 0.05) is 46.1 Å². The number of halogens is 2. The number of nitrogens with zero attached hydrogens (tertiary/aromatic N) is 2. The highest BCUT2D eigenvalue weighted by molar-refractivity contribution is 6.36. The van der Waals surface area contributed by atoms with Crippen molar-refractivity contribution >= 4 is 40.0 Å². The number of hydrogen-bond donors (Lipinski definition) is 1. The first-order valence-electron chi connectivity index (χ1n) is 14.2. The second-order valence-electron chi connectivity index (χ2n) is 11.1. The van der Waals surface area contributed by atoms with Gasteiger partial charge < -0.3 is 9.88 Å². The first-order chi connectivity index (χ1) is 19.1. The zero-order valence-electron chi connectivity index (χ0n) is 22.2. The number of fused-ring (bicyclic) bond motifs is 1. The van der Waals surface area contributed by atoms with Crippen LogP contribution in [0.3, 0.4) is 0 Å². The van der Waals surface area contributed by atoms with Gasteiger partial charge in [0.25, 0.3) is 5.91 Å². The van der Waals surface area contributed by atoms with Gasteiger partial charge in [-0.15, -0.1) is 0 Å². The van der Waals surface area contributed by atoms with Crippen LogP contribution in [0.1, 0.15) is 58.8 Å². The molecule has 0 atom stereocenters. The van der Waals surface area contributed by atoms with E-state index in [-0.39, 0.29) is 5.91 Å². The van der Waals surface area contributed by atoms with Crippen LogP contribution in [0, 0.1) is 5.92 Å². The van der Waals surface area contributed by atoms with Crippen LogP contribution < -0.4 is 0 Å². The number of carbonyl (C=O) groups excluding carboxylic acids is 1. The molecule has 2 saturated heterocycles. The van der Waals surface area contributed by atoms with E-state index in [4.69, 9.17) is 23.2 Å². The molecule has 4 nitrogen and oxygen atoms in total. The van der Waals surface area contributed by atoms with Gasteiger partial charge in [0.05, 0.1) is 0 Å². The molecule has 0 bridgehead atoms. The quantitative estimate of drug-likeness (QED) is 0.260. The number of rotatable bonds is 6. The van der Waals surface area contributed by atoms with Crippen LogP contribution in [-0.4, -0.2) is 46.9 Å². The normalized spacial score (nSPS) is 17.6. The highest BCUT2D eigenvalue weighted by Crippen LogP contribution is 2.38. The van der Waals surface area contributed by atoms with Gasteiger partial charge in [0.1, 0.15) is 5.69 Å². The molecule has 3 aromatic carbocycles. The fourth-order valence-electron chi connectivity index (χ4n) is 6.50. The average molecular weight is 561 g/mol. The molecule has 6 heteroatoms. The number of amides is 1. The Morgan fingerprint density at radius 3 is 2.18 bits per heavy atom. The predicted octanol–water partition coefficient (Wildman–Crippen LogP) is 7.95. The summed E-state index contributed by atoms with van der Waals surface area (Å²) in [7, 11) is 0. The number of piperidine rings is 2. The molecular weight excluding hydrogens is 525 g/mol. The molecule has 0 radical (unpaired) electrons. The number of aromatic nitrogens is 1. The second-order valence-corrected chi connectivity index (χ2v) is 11.9. The minimum absolute atomic E-state index is 0.136. The molecule has 0 aliphatic carbocycles. The number of H-pyrrole nitrogens is 1. The summed E-state index contributed by atoms with van der Waals surface area (Å²) in [5.41, 5.74) is 5.39. The third-order valence-corrected chi connectivity index (χ3v) is 9.33. The standard InChI is InChI=1S/C33H35Cl2N3O/c34-28-10-6-11-29(35)31(28)25-15-17-37(18-16-25)22-27-26-9-4-5-12-30(26)36-32(27)33(39)38-19-13-24(14-20-38)21-23-7-2-1-3-8-23/h1-12,24-25,36H,13-22H2. The largest absolute Gasteiger partial charge is 0.350 e. The number of benzene rings is 3. The summed E-state index contributed by atoms with van der Waals surface area (Å²) in [5.74, 6) is 1.13. The Labute approximate surface area is 240 Å². The predicted molar refractivity (Wildman–Crippen MR) is 161 cm³/mol. The third-order valence-electron chi connectivity index (χ3n) is 8.67. The molecule has 2 aliphatic rings. The van der Waals surface area contributed by atoms with Crippen LogP contribution in [0.2, 0.25) is 10.0 Å². The van der Waals surface area contributed by atoms with E-state index in [0.29, 0.717) is 11.8 Å². The smallest absolute Gasteiger partial charge is 0.270 e. The molecule has 202 valence electrons. The van der Waals surface area contributed by atoms with Gasteiger partial charge in [-0.05, 0) is 86.4 Å². The Hall–Kier alpha value is -2.79. The molecule has 4 aromatic rings. The van der Waals surface area contributed by atoms with Gasteiger partial charge in [-0.25, -0.2) is 0 Å². The van der Waals surface area contributed by atoms with Crippen molar-refractivity contribution in [2.45, 2.75) is 44.6 Å². The fourth-order valence-corrected chi connectivity index (χ4v) is 7.20. The molecule has 2 aliphatic heterocycles. The highest BCUT2D eigenvalue weighted by Gasteiger charge is 2.29. The van der Waals surface area contributed by atoms with Crippen molar-refractivity contribution in [3.05, 3.63) is 105 Å². The number of nitrogens with one attached hydrogen (secondary N) is 1. The van der Waals surface area contributed by atoms with E-state index in [0.717, 1.165) is 103 Å². The van der Waals surface area contributed by atoms with Gasteiger partial charge in [-0.2, -0.15) is 0 Å². The van der Waals surface area contributed by atoms with Gasteiger partial charge in [0.15, 0.2) is 0 Å². The lowest BCUT2D eigenvalue weighted by Crippen LogP contribution is -2.40. The van der Waals surface area contributed by atoms with E-state index in [1.807, 2.05) is 24.3 Å². The van der Waals surface area contributed by atoms with Gasteiger partial charge in [-0.1, -0.05) is 77.8 Å². The Morgan fingerprint density at radius 1 is 0.795 bits per heavy atom. The first-order valence-corrected chi connectivity index (χ1v) is 14.9.